The molecule has 5 nitrogen and oxygen atoms in total. The molecule has 0 bridgehead atoms. The van der Waals surface area contributed by atoms with Crippen LogP contribution in [0.5, 0.6) is 5.75 Å². The van der Waals surface area contributed by atoms with Crippen LogP contribution < -0.4 is 4.74 Å². The zero-order valence-corrected chi connectivity index (χ0v) is 18.6. The summed E-state index contributed by atoms with van der Waals surface area (Å²) < 4.78 is 5.75. The monoisotopic (exact) mass is 401 g/mol. The van der Waals surface area contributed by atoms with Crippen molar-refractivity contribution in [2.24, 2.45) is 0 Å². The number of ether oxygens (including phenoxy) is 1. The Kier molecular flexibility index (Phi) is 8.37. The van der Waals surface area contributed by atoms with E-state index in [0.29, 0.717) is 6.04 Å². The summed E-state index contributed by atoms with van der Waals surface area (Å²) in [6.07, 6.45) is 6.45. The van der Waals surface area contributed by atoms with Crippen LogP contribution in [0.15, 0.2) is 24.3 Å². The first kappa shape index (κ1) is 22.1. The second kappa shape index (κ2) is 11.0. The van der Waals surface area contributed by atoms with Gasteiger partial charge >= 0.3 is 0 Å². The number of carbonyl (C=O) groups is 1. The van der Waals surface area contributed by atoms with Crippen LogP contribution in [0, 0.1) is 0 Å². The molecule has 29 heavy (non-hydrogen) atoms. The van der Waals surface area contributed by atoms with Gasteiger partial charge in [0, 0.05) is 39.1 Å². The van der Waals surface area contributed by atoms with Gasteiger partial charge in [-0.15, -0.1) is 0 Å². The first-order chi connectivity index (χ1) is 14.0. The Balaban J connectivity index is 1.52. The molecule has 162 valence electrons. The van der Waals surface area contributed by atoms with E-state index in [9.17, 15) is 4.79 Å². The molecular weight excluding hydrogens is 362 g/mol. The van der Waals surface area contributed by atoms with Crippen LogP contribution in [-0.4, -0.2) is 72.0 Å². The van der Waals surface area contributed by atoms with Gasteiger partial charge in [-0.1, -0.05) is 18.6 Å². The maximum absolute atomic E-state index is 12.4. The fourth-order valence-corrected chi connectivity index (χ4v) is 4.66. The maximum Gasteiger partial charge on any atom is 0.219 e. The molecule has 3 rings (SSSR count). The van der Waals surface area contributed by atoms with E-state index in [2.05, 4.69) is 39.0 Å². The number of nitrogens with zero attached hydrogens (tertiary/aromatic N) is 3. The molecule has 2 saturated heterocycles. The van der Waals surface area contributed by atoms with Crippen LogP contribution in [0.2, 0.25) is 0 Å². The number of amides is 1. The van der Waals surface area contributed by atoms with Crippen molar-refractivity contribution in [3.8, 4) is 5.75 Å². The molecule has 1 aromatic carbocycles. The Morgan fingerprint density at radius 3 is 2.41 bits per heavy atom. The summed E-state index contributed by atoms with van der Waals surface area (Å²) in [6, 6.07) is 8.81. The molecular formula is C24H39N3O2. The topological polar surface area (TPSA) is 36.0 Å². The average Bonchev–Trinajstić information content (AvgIpc) is 2.70. The lowest BCUT2D eigenvalue weighted by Crippen LogP contribution is -2.51. The number of benzene rings is 1. The van der Waals surface area contributed by atoms with Gasteiger partial charge in [0.05, 0.1) is 6.10 Å². The predicted octanol–water partition coefficient (Wildman–Crippen LogP) is 3.77. The first-order valence-corrected chi connectivity index (χ1v) is 11.5. The molecule has 0 aromatic heterocycles. The summed E-state index contributed by atoms with van der Waals surface area (Å²) >= 11 is 0. The smallest absolute Gasteiger partial charge is 0.219 e. The summed E-state index contributed by atoms with van der Waals surface area (Å²) in [5.74, 6) is 1.16. The van der Waals surface area contributed by atoms with Crippen LogP contribution in [0.1, 0.15) is 58.4 Å². The van der Waals surface area contributed by atoms with E-state index in [-0.39, 0.29) is 12.0 Å². The summed E-state index contributed by atoms with van der Waals surface area (Å²) in [5.41, 5.74) is 1.31. The van der Waals surface area contributed by atoms with E-state index in [1.807, 2.05) is 13.8 Å². The molecule has 0 saturated carbocycles. The molecule has 2 heterocycles. The van der Waals surface area contributed by atoms with Crippen molar-refractivity contribution in [3.05, 3.63) is 29.8 Å². The van der Waals surface area contributed by atoms with Crippen molar-refractivity contribution in [2.75, 3.05) is 39.3 Å². The molecule has 2 aliphatic heterocycles. The Morgan fingerprint density at radius 2 is 1.76 bits per heavy atom. The van der Waals surface area contributed by atoms with Crippen LogP contribution >= 0.6 is 0 Å². The molecule has 1 amide bonds. The molecule has 1 atom stereocenters. The Morgan fingerprint density at radius 1 is 1.07 bits per heavy atom. The van der Waals surface area contributed by atoms with Gasteiger partial charge < -0.3 is 14.5 Å². The second-order valence-corrected chi connectivity index (χ2v) is 8.96. The van der Waals surface area contributed by atoms with Crippen LogP contribution in [0.4, 0.5) is 0 Å². The number of carbonyl (C=O) groups excluding carboxylic acids is 1. The first-order valence-electron chi connectivity index (χ1n) is 11.5. The normalized spacial score (nSPS) is 21.3. The minimum atomic E-state index is 0.200. The molecule has 1 aromatic rings. The van der Waals surface area contributed by atoms with Crippen molar-refractivity contribution >= 4 is 5.91 Å². The SMILES string of the molecule is CC(=O)N(CCN1CCCCC1)C1CCCN(Cc2ccc(OC(C)C)cc2)C1. The van der Waals surface area contributed by atoms with Crippen molar-refractivity contribution in [2.45, 2.75) is 71.6 Å². The van der Waals surface area contributed by atoms with E-state index in [4.69, 9.17) is 4.74 Å². The standard InChI is InChI=1S/C24H39N3O2/c1-20(2)29-24-11-9-22(10-12-24)18-26-15-7-8-23(19-26)27(21(3)28)17-16-25-13-5-4-6-14-25/h9-12,20,23H,4-8,13-19H2,1-3H3. The highest BCUT2D eigenvalue weighted by Gasteiger charge is 2.27. The van der Waals surface area contributed by atoms with Crippen molar-refractivity contribution < 1.29 is 9.53 Å². The second-order valence-electron chi connectivity index (χ2n) is 8.96. The molecule has 0 radical (unpaired) electrons. The van der Waals surface area contributed by atoms with Gasteiger partial charge in [0.15, 0.2) is 0 Å². The highest BCUT2D eigenvalue weighted by molar-refractivity contribution is 5.73. The van der Waals surface area contributed by atoms with E-state index < -0.39 is 0 Å². The van der Waals surface area contributed by atoms with E-state index in [1.165, 1.54) is 37.9 Å². The van der Waals surface area contributed by atoms with Crippen molar-refractivity contribution in [1.82, 2.24) is 14.7 Å². The Bertz CT molecular complexity index is 626. The third kappa shape index (κ3) is 7.00. The third-order valence-corrected chi connectivity index (χ3v) is 6.13. The molecule has 2 aliphatic rings. The van der Waals surface area contributed by atoms with Crippen LogP contribution in [-0.2, 0) is 11.3 Å². The maximum atomic E-state index is 12.4. The van der Waals surface area contributed by atoms with Gasteiger partial charge in [0.1, 0.15) is 5.75 Å². The molecule has 1 unspecified atom stereocenters. The fourth-order valence-electron chi connectivity index (χ4n) is 4.66. The third-order valence-electron chi connectivity index (χ3n) is 6.13. The minimum absolute atomic E-state index is 0.200. The zero-order chi connectivity index (χ0) is 20.6. The molecule has 0 spiro atoms. The lowest BCUT2D eigenvalue weighted by molar-refractivity contribution is -0.132. The van der Waals surface area contributed by atoms with Gasteiger partial charge in [0.25, 0.3) is 0 Å². The molecule has 2 fully saturated rings. The summed E-state index contributed by atoms with van der Waals surface area (Å²) in [4.78, 5) is 19.6. The van der Waals surface area contributed by atoms with E-state index in [0.717, 1.165) is 51.3 Å². The highest BCUT2D eigenvalue weighted by atomic mass is 16.5. The van der Waals surface area contributed by atoms with Crippen molar-refractivity contribution in [3.63, 3.8) is 0 Å². The zero-order valence-electron chi connectivity index (χ0n) is 18.6. The van der Waals surface area contributed by atoms with Crippen LogP contribution in [0.25, 0.3) is 0 Å². The Hall–Kier alpha value is -1.59. The molecule has 5 heteroatoms. The highest BCUT2D eigenvalue weighted by Crippen LogP contribution is 2.20. The van der Waals surface area contributed by atoms with Gasteiger partial charge in [0.2, 0.25) is 5.91 Å². The number of hydrogen-bond acceptors (Lipinski definition) is 4. The lowest BCUT2D eigenvalue weighted by atomic mass is 10.0. The van der Waals surface area contributed by atoms with Gasteiger partial charge in [-0.2, -0.15) is 0 Å². The predicted molar refractivity (Wildman–Crippen MR) is 118 cm³/mol. The quantitative estimate of drug-likeness (QED) is 0.664. The molecule has 0 aliphatic carbocycles. The number of piperidine rings is 2. The largest absolute Gasteiger partial charge is 0.491 e. The number of likely N-dealkylation sites (tertiary alicyclic amines) is 2. The van der Waals surface area contributed by atoms with Gasteiger partial charge in [-0.05, 0) is 76.9 Å². The summed E-state index contributed by atoms with van der Waals surface area (Å²) in [5, 5.41) is 0. The molecule has 0 N–H and O–H groups in total. The lowest BCUT2D eigenvalue weighted by Gasteiger charge is -2.40. The van der Waals surface area contributed by atoms with Crippen LogP contribution in [0.3, 0.4) is 0 Å². The fraction of sp³-hybridized carbons (Fsp3) is 0.708. The number of rotatable bonds is 8. The summed E-state index contributed by atoms with van der Waals surface area (Å²) in [7, 11) is 0. The van der Waals surface area contributed by atoms with E-state index in [1.54, 1.807) is 6.92 Å². The minimum Gasteiger partial charge on any atom is -0.491 e. The van der Waals surface area contributed by atoms with Crippen molar-refractivity contribution in [1.29, 1.82) is 0 Å². The van der Waals surface area contributed by atoms with E-state index >= 15 is 0 Å². The average molecular weight is 402 g/mol. The summed E-state index contributed by atoms with van der Waals surface area (Å²) in [6.45, 7) is 13.1. The number of hydrogen-bond donors (Lipinski definition) is 0. The Labute approximate surface area is 177 Å². The van der Waals surface area contributed by atoms with Gasteiger partial charge in [-0.3, -0.25) is 9.69 Å². The van der Waals surface area contributed by atoms with Gasteiger partial charge in [-0.25, -0.2) is 0 Å².